The minimum Gasteiger partial charge on any atom is -0.540 e. The van der Waals surface area contributed by atoms with Gasteiger partial charge in [-0.2, -0.15) is 0 Å². The van der Waals surface area contributed by atoms with Crippen LogP contribution in [0, 0.1) is 51.8 Å². The summed E-state index contributed by atoms with van der Waals surface area (Å²) in [7, 11) is 0. The molecule has 3 saturated heterocycles. The first-order chi connectivity index (χ1) is 58.6. The summed E-state index contributed by atoms with van der Waals surface area (Å²) < 4.78 is 37.1. The van der Waals surface area contributed by atoms with Gasteiger partial charge in [-0.3, -0.25) is 14.4 Å². The molecule has 3 radical (unpaired) electrons. The minimum atomic E-state index is -0.903. The Morgan fingerprint density at radius 3 is 1.09 bits per heavy atom. The normalized spacial score (nSPS) is 29.4. The summed E-state index contributed by atoms with van der Waals surface area (Å²) in [6.45, 7) is 25.3. The number of rotatable bonds is 6. The molecule has 27 nitrogen and oxygen atoms in total. The van der Waals surface area contributed by atoms with Crippen LogP contribution in [-0.4, -0.2) is 191 Å². The number of amides is 6. The van der Waals surface area contributed by atoms with Gasteiger partial charge in [-0.15, -0.1) is 0 Å². The number of ether oxygens (including phenoxy) is 6. The number of aromatic nitrogens is 6. The maximum Gasteiger partial charge on any atom is 0.408 e. The predicted octanol–water partition coefficient (Wildman–Crippen LogP) is 16.2. The predicted molar refractivity (Wildman–Crippen MR) is 466 cm³/mol. The average molecular weight is 1910 g/mol. The zero-order valence-corrected chi connectivity index (χ0v) is 81.0. The molecule has 0 spiro atoms. The molecule has 0 unspecified atom stereocenters. The molecule has 33 heteroatoms. The van der Waals surface area contributed by atoms with E-state index in [4.69, 9.17) is 93.1 Å². The van der Waals surface area contributed by atoms with E-state index in [2.05, 4.69) is 34.8 Å². The van der Waals surface area contributed by atoms with Crippen molar-refractivity contribution in [2.24, 2.45) is 51.8 Å². The molecule has 3 aromatic heterocycles. The van der Waals surface area contributed by atoms with Crippen LogP contribution in [0.4, 0.5) is 14.4 Å². The second-order valence-electron chi connectivity index (χ2n) is 38.5. The molecule has 15 rings (SSSR count). The first-order valence-corrected chi connectivity index (χ1v) is 45.6. The van der Waals surface area contributed by atoms with Crippen molar-refractivity contribution in [2.45, 2.75) is 310 Å². The molecule has 6 aliphatic heterocycles. The van der Waals surface area contributed by atoms with Gasteiger partial charge in [0.15, 0.2) is 0 Å². The van der Waals surface area contributed by atoms with E-state index in [0.717, 1.165) is 143 Å². The van der Waals surface area contributed by atoms with Crippen LogP contribution in [0.2, 0.25) is 15.1 Å². The molecular weight excluding hydrogens is 1780 g/mol. The smallest absolute Gasteiger partial charge is 0.408 e. The zero-order chi connectivity index (χ0) is 88.1. The summed E-state index contributed by atoms with van der Waals surface area (Å²) in [6, 6.07) is 11.1. The van der Waals surface area contributed by atoms with Gasteiger partial charge in [-0.05, 0) is 197 Å². The average Bonchev–Trinajstić information content (AvgIpc) is 1.61. The molecule has 3 saturated carbocycles. The van der Waals surface area contributed by atoms with Gasteiger partial charge in [-0.1, -0.05) is 194 Å². The number of nitrogens with one attached hydrogen (secondary N) is 3. The third-order valence-electron chi connectivity index (χ3n) is 26.4. The van der Waals surface area contributed by atoms with E-state index in [1.165, 1.54) is 14.7 Å². The van der Waals surface area contributed by atoms with Crippen LogP contribution in [0.15, 0.2) is 54.6 Å². The van der Waals surface area contributed by atoms with Gasteiger partial charge < -0.3 is 73.5 Å². The molecule has 18 atom stereocenters. The summed E-state index contributed by atoms with van der Waals surface area (Å²) in [4.78, 5) is 152. The maximum atomic E-state index is 14.1. The Morgan fingerprint density at radius 1 is 0.405 bits per heavy atom. The second kappa shape index (κ2) is 43.3. The van der Waals surface area contributed by atoms with Gasteiger partial charge in [0.25, 0.3) is 0 Å². The standard InChI is InChI=1S/C32H42ClN4O5.C31H40ClN4O5.C30H38ClN4O5.3V/c1-5-21-25(18-38)37-17-27(21)41-29-23(34-22-15-14-20(33)16-24(22)35-29)12-8-6-7-10-19-11-9-13-26(19)42-31(40)36-28(30(37)39)32(2,3)4;1-6-20-24(17-37)36-16-25(20)40-27-22(33-21-13-12-19(32)14-23(21)34-27)11-9-7-8-10-18-15-31(18,5)41-29(39)35-26(28(36)38)30(2,3)4;1-5-19-23(16-36)35-15-25(19)39-27-21(32-20-12-11-18(31)14-22(20)33-27)10-8-6-7-9-17-13-24(17)40-29(38)34-26(28(35)37)30(2,3)4;;;/h14-16,19,21,25-28H,5-13,17H2,1-4H3,(H,36,40);12-14,18,20,24-26H,6-11,15-16H2,1-5H3,(H,35,39);11-12,14,17,19,23-26H,5-10,13,15H2,1-4H3,(H,34,38);;;/q3*-1;;;/t19-,21+,25-,26-,27+,28-;18-,20+,24-,25+,26-,31-;17-,19+,23-,24-,25+,26-;;;/m111.../s1. The van der Waals surface area contributed by atoms with E-state index < -0.39 is 94.7 Å². The van der Waals surface area contributed by atoms with Gasteiger partial charge in [0.2, 0.25) is 35.4 Å². The Kier molecular flexibility index (Phi) is 34.7. The van der Waals surface area contributed by atoms with Crippen molar-refractivity contribution in [3.63, 3.8) is 0 Å². The molecule has 3 aromatic carbocycles. The van der Waals surface area contributed by atoms with E-state index >= 15 is 0 Å². The number of alkyl carbamates (subject to hydrolysis) is 3. The van der Waals surface area contributed by atoms with Crippen molar-refractivity contribution in [1.82, 2.24) is 60.6 Å². The van der Waals surface area contributed by atoms with Crippen LogP contribution < -0.4 is 30.2 Å². The number of aryl methyl sites for hydroxylation is 3. The number of carbonyl (C=O) groups excluding carboxylic acids is 9. The van der Waals surface area contributed by atoms with Crippen LogP contribution in [-0.2, 0) is 118 Å². The van der Waals surface area contributed by atoms with E-state index in [-0.39, 0.29) is 123 Å². The van der Waals surface area contributed by atoms with Crippen molar-refractivity contribution in [3.8, 4) is 17.6 Å². The molecule has 6 aromatic rings. The van der Waals surface area contributed by atoms with Crippen LogP contribution in [0.5, 0.6) is 17.6 Å². The summed E-state index contributed by atoms with van der Waals surface area (Å²) in [5.41, 5.74) is 3.97. The SMILES string of the molecule is CC[C@@H]1[C@@H]2CN(C(=O)[C@H](C(C)(C)C)NC(=O)O[C@@H]3CCC[C@H]3CCCCCc3nc4ccc(Cl)cc4nc3O2)[C@@H]1[C-]=O.CC[C@@H]1[C@@H]2CN(C(=O)[C@H](C(C)(C)C)NC(=O)O[C@@H]3C[C@H]3CCCCCc3nc4ccc(Cl)cc4nc3O2)[C@@H]1[C-]=O.CC[C@@H]1[C@@H]2CN(C(=O)[C@H](C(C)(C)C)NC(=O)O[C@]3(C)C[C@H]3CCCCCc3nc4ccc(Cl)cc4nc3O2)[C@@H]1[C-]=O.[V].[V].[V]. The molecule has 6 fully saturated rings. The quantitative estimate of drug-likeness (QED) is 0.103. The van der Waals surface area contributed by atoms with Crippen molar-refractivity contribution in [3.05, 3.63) is 86.7 Å². The summed E-state index contributed by atoms with van der Waals surface area (Å²) in [6.07, 6.45) is 22.8. The van der Waals surface area contributed by atoms with Gasteiger partial charge in [0.1, 0.15) is 71.3 Å². The fraction of sp³-hybridized carbons (Fsp3) is 0.645. The fourth-order valence-electron chi connectivity index (χ4n) is 19.1. The molecule has 126 heavy (non-hydrogen) atoms. The third-order valence-corrected chi connectivity index (χ3v) is 27.1. The Labute approximate surface area is 790 Å². The van der Waals surface area contributed by atoms with E-state index in [0.29, 0.717) is 106 Å². The van der Waals surface area contributed by atoms with Crippen molar-refractivity contribution in [2.75, 3.05) is 19.6 Å². The van der Waals surface area contributed by atoms with Crippen molar-refractivity contribution in [1.29, 1.82) is 0 Å². The maximum absolute atomic E-state index is 14.1. The summed E-state index contributed by atoms with van der Waals surface area (Å²) in [5.74, 6) is 0.212. The van der Waals surface area contributed by atoms with Gasteiger partial charge in [0, 0.05) is 76.7 Å². The van der Waals surface area contributed by atoms with Crippen molar-refractivity contribution < 1.29 is 127 Å². The molecule has 6 bridgehead atoms. The first kappa shape index (κ1) is 101. The fourth-order valence-corrected chi connectivity index (χ4v) is 19.6. The van der Waals surface area contributed by atoms with Crippen LogP contribution in [0.1, 0.15) is 236 Å². The third kappa shape index (κ3) is 24.0. The summed E-state index contributed by atoms with van der Waals surface area (Å²) >= 11 is 18.7. The Balaban J connectivity index is 0.000000195. The molecule has 3 N–H and O–H groups in total. The molecular formula is C93H120Cl3N12O15V3-3. The number of hydrogen-bond acceptors (Lipinski definition) is 21. The molecule has 9 heterocycles. The Bertz CT molecular complexity index is 4890. The van der Waals surface area contributed by atoms with E-state index in [1.807, 2.05) is 108 Å². The number of halogens is 3. The Hall–Kier alpha value is -7.07. The van der Waals surface area contributed by atoms with Gasteiger partial charge in [0.05, 0.1) is 52.7 Å². The molecule has 681 valence electrons. The molecule has 6 amide bonds. The number of carbonyl (C=O) groups is 6. The Morgan fingerprint density at radius 2 is 0.738 bits per heavy atom. The van der Waals surface area contributed by atoms with Crippen LogP contribution in [0.25, 0.3) is 33.1 Å². The monoisotopic (exact) mass is 1900 g/mol. The van der Waals surface area contributed by atoms with E-state index in [9.17, 15) is 43.2 Å². The number of hydrogen-bond donors (Lipinski definition) is 3. The molecule has 9 aliphatic rings. The second-order valence-corrected chi connectivity index (χ2v) is 39.8. The number of benzene rings is 3. The minimum absolute atomic E-state index is 0. The van der Waals surface area contributed by atoms with Crippen LogP contribution in [0.3, 0.4) is 0 Å². The molecule has 3 aliphatic carbocycles. The number of nitrogens with zero attached hydrogens (tertiary/aromatic N) is 9. The largest absolute Gasteiger partial charge is 0.540 e. The van der Waals surface area contributed by atoms with Gasteiger partial charge in [-0.25, -0.2) is 63.1 Å². The van der Waals surface area contributed by atoms with E-state index in [1.54, 1.807) is 36.4 Å². The first-order valence-electron chi connectivity index (χ1n) is 44.5. The van der Waals surface area contributed by atoms with Crippen LogP contribution >= 0.6 is 34.8 Å². The zero-order valence-electron chi connectivity index (χ0n) is 74.5. The van der Waals surface area contributed by atoms with Crippen molar-refractivity contribution >= 4 is 123 Å². The summed E-state index contributed by atoms with van der Waals surface area (Å²) in [5, 5.41) is 10.2. The van der Waals surface area contributed by atoms with Gasteiger partial charge >= 0.3 is 18.3 Å². The number of fused-ring (bicyclic) bond motifs is 15. The topological polar surface area (TPSA) is 332 Å².